The van der Waals surface area contributed by atoms with Gasteiger partial charge in [0.1, 0.15) is 0 Å². The van der Waals surface area contributed by atoms with Crippen molar-refractivity contribution in [2.24, 2.45) is 0 Å². The first-order valence-corrected chi connectivity index (χ1v) is 7.23. The van der Waals surface area contributed by atoms with Crippen molar-refractivity contribution in [2.75, 3.05) is 47.3 Å². The predicted octanol–water partition coefficient (Wildman–Crippen LogP) is 1.96. The molecule has 0 heterocycles. The van der Waals surface area contributed by atoms with Gasteiger partial charge in [0.25, 0.3) is 0 Å². The van der Waals surface area contributed by atoms with Crippen LogP contribution in [0.1, 0.15) is 32.6 Å². The average molecular weight is 253 g/mol. The number of rotatable bonds is 9. The molecule has 0 atom stereocenters. The molecule has 1 rings (SSSR count). The molecule has 1 fully saturated rings. The zero-order chi connectivity index (χ0) is 13.6. The van der Waals surface area contributed by atoms with Gasteiger partial charge in [-0.2, -0.15) is 0 Å². The fraction of sp³-hybridized carbons (Fsp3) is 0.867. The topological polar surface area (TPSA) is 18.5 Å². The summed E-state index contributed by atoms with van der Waals surface area (Å²) in [6.07, 6.45) is 5.24. The average Bonchev–Trinajstić information content (AvgIpc) is 2.23. The fourth-order valence-electron chi connectivity index (χ4n) is 2.77. The van der Waals surface area contributed by atoms with E-state index < -0.39 is 0 Å². The van der Waals surface area contributed by atoms with Crippen molar-refractivity contribution in [1.82, 2.24) is 15.1 Å². The normalized spacial score (nSPS) is 18.1. The molecule has 3 heteroatoms. The van der Waals surface area contributed by atoms with Crippen molar-refractivity contribution in [2.45, 2.75) is 38.1 Å². The first-order valence-electron chi connectivity index (χ1n) is 7.23. The number of hydrogen-bond donors (Lipinski definition) is 1. The van der Waals surface area contributed by atoms with Crippen LogP contribution >= 0.6 is 0 Å². The fourth-order valence-corrected chi connectivity index (χ4v) is 2.77. The number of nitrogens with one attached hydrogen (secondary N) is 1. The monoisotopic (exact) mass is 253 g/mol. The van der Waals surface area contributed by atoms with Crippen molar-refractivity contribution in [3.8, 4) is 0 Å². The molecule has 1 saturated carbocycles. The number of likely N-dealkylation sites (N-methyl/N-ethyl adjacent to an activating group) is 2. The lowest BCUT2D eigenvalue weighted by atomic mass is 9.75. The maximum atomic E-state index is 4.17. The summed E-state index contributed by atoms with van der Waals surface area (Å²) in [6.45, 7) is 10.6. The smallest absolute Gasteiger partial charge is 0.0330 e. The van der Waals surface area contributed by atoms with Crippen LogP contribution in [0.15, 0.2) is 12.2 Å². The molecule has 0 aromatic heterocycles. The van der Waals surface area contributed by atoms with Crippen LogP contribution in [0.5, 0.6) is 0 Å². The molecular weight excluding hydrogens is 222 g/mol. The van der Waals surface area contributed by atoms with Crippen molar-refractivity contribution >= 4 is 0 Å². The van der Waals surface area contributed by atoms with Crippen molar-refractivity contribution < 1.29 is 0 Å². The Morgan fingerprint density at radius 1 is 1.28 bits per heavy atom. The molecule has 1 aliphatic rings. The van der Waals surface area contributed by atoms with Crippen molar-refractivity contribution in [3.05, 3.63) is 12.2 Å². The zero-order valence-corrected chi connectivity index (χ0v) is 12.8. The van der Waals surface area contributed by atoms with Gasteiger partial charge in [0, 0.05) is 25.2 Å². The van der Waals surface area contributed by atoms with Gasteiger partial charge >= 0.3 is 0 Å². The second-order valence-electron chi connectivity index (χ2n) is 6.07. The molecule has 0 spiro atoms. The van der Waals surface area contributed by atoms with Crippen LogP contribution in [0, 0.1) is 0 Å². The molecule has 1 aliphatic carbocycles. The summed E-state index contributed by atoms with van der Waals surface area (Å²) in [5.74, 6) is 0. The summed E-state index contributed by atoms with van der Waals surface area (Å²) in [6, 6.07) is 0. The van der Waals surface area contributed by atoms with E-state index in [2.05, 4.69) is 49.8 Å². The Bertz CT molecular complexity index is 256. The highest BCUT2D eigenvalue weighted by Gasteiger charge is 2.39. The Kier molecular flexibility index (Phi) is 6.33. The molecule has 0 aromatic rings. The lowest BCUT2D eigenvalue weighted by Crippen LogP contribution is -2.56. The third-order valence-electron chi connectivity index (χ3n) is 4.09. The number of nitrogens with zero attached hydrogens (tertiary/aromatic N) is 2. The van der Waals surface area contributed by atoms with Gasteiger partial charge in [0.05, 0.1) is 0 Å². The minimum absolute atomic E-state index is 0.422. The summed E-state index contributed by atoms with van der Waals surface area (Å²) in [7, 11) is 6.64. The minimum atomic E-state index is 0.422. The summed E-state index contributed by atoms with van der Waals surface area (Å²) < 4.78 is 0. The molecule has 18 heavy (non-hydrogen) atoms. The van der Waals surface area contributed by atoms with Crippen molar-refractivity contribution in [1.29, 1.82) is 0 Å². The van der Waals surface area contributed by atoms with Gasteiger partial charge in [-0.3, -0.25) is 0 Å². The maximum absolute atomic E-state index is 4.17. The quantitative estimate of drug-likeness (QED) is 0.500. The molecule has 1 N–H and O–H groups in total. The standard InChI is InChI=1S/C15H31N3/c1-6-10-16-11-14(2)12-18(5)13-15(17(3)4)8-7-9-15/h16H,2,6-13H2,1,3-5H3. The highest BCUT2D eigenvalue weighted by atomic mass is 15.2. The minimum Gasteiger partial charge on any atom is -0.313 e. The van der Waals surface area contributed by atoms with E-state index in [0.717, 1.165) is 26.2 Å². The van der Waals surface area contributed by atoms with E-state index in [1.54, 1.807) is 0 Å². The lowest BCUT2D eigenvalue weighted by Gasteiger charge is -2.49. The predicted molar refractivity (Wildman–Crippen MR) is 80.1 cm³/mol. The lowest BCUT2D eigenvalue weighted by molar-refractivity contribution is 0.0301. The SMILES string of the molecule is C=C(CNCCC)CN(C)CC1(N(C)C)CCC1. The van der Waals surface area contributed by atoms with Gasteiger partial charge in [0.15, 0.2) is 0 Å². The van der Waals surface area contributed by atoms with Crippen LogP contribution in [0.25, 0.3) is 0 Å². The summed E-state index contributed by atoms with van der Waals surface area (Å²) in [4.78, 5) is 4.83. The summed E-state index contributed by atoms with van der Waals surface area (Å²) in [5, 5.41) is 3.42. The van der Waals surface area contributed by atoms with Crippen molar-refractivity contribution in [3.63, 3.8) is 0 Å². The van der Waals surface area contributed by atoms with Crippen LogP contribution in [0.4, 0.5) is 0 Å². The summed E-state index contributed by atoms with van der Waals surface area (Å²) in [5.41, 5.74) is 1.71. The second kappa shape index (κ2) is 7.27. The van der Waals surface area contributed by atoms with Gasteiger partial charge < -0.3 is 15.1 Å². The van der Waals surface area contributed by atoms with E-state index in [1.807, 2.05) is 0 Å². The van der Waals surface area contributed by atoms with Gasteiger partial charge in [-0.15, -0.1) is 0 Å². The molecule has 0 bridgehead atoms. The van der Waals surface area contributed by atoms with Gasteiger partial charge in [-0.05, 0) is 58.9 Å². The molecule has 0 radical (unpaired) electrons. The van der Waals surface area contributed by atoms with Gasteiger partial charge in [0.2, 0.25) is 0 Å². The highest BCUT2D eigenvalue weighted by Crippen LogP contribution is 2.36. The Morgan fingerprint density at radius 2 is 1.94 bits per heavy atom. The number of hydrogen-bond acceptors (Lipinski definition) is 3. The molecule has 0 amide bonds. The Balaban J connectivity index is 2.28. The second-order valence-corrected chi connectivity index (χ2v) is 6.07. The first-order chi connectivity index (χ1) is 8.50. The van der Waals surface area contributed by atoms with Crippen LogP contribution in [0.2, 0.25) is 0 Å². The van der Waals surface area contributed by atoms with E-state index in [-0.39, 0.29) is 0 Å². The molecule has 0 saturated heterocycles. The third-order valence-corrected chi connectivity index (χ3v) is 4.09. The molecule has 0 unspecified atom stereocenters. The van der Waals surface area contributed by atoms with E-state index in [0.29, 0.717) is 5.54 Å². The molecular formula is C15H31N3. The highest BCUT2D eigenvalue weighted by molar-refractivity contribution is 5.03. The molecule has 0 aliphatic heterocycles. The largest absolute Gasteiger partial charge is 0.313 e. The Morgan fingerprint density at radius 3 is 2.39 bits per heavy atom. The molecule has 106 valence electrons. The van der Waals surface area contributed by atoms with E-state index >= 15 is 0 Å². The van der Waals surface area contributed by atoms with Crippen LogP contribution in [0.3, 0.4) is 0 Å². The van der Waals surface area contributed by atoms with E-state index in [1.165, 1.54) is 31.3 Å². The molecule has 0 aromatic carbocycles. The first kappa shape index (κ1) is 15.7. The third kappa shape index (κ3) is 4.38. The Labute approximate surface area is 113 Å². The van der Waals surface area contributed by atoms with E-state index in [9.17, 15) is 0 Å². The van der Waals surface area contributed by atoms with Crippen LogP contribution in [-0.2, 0) is 0 Å². The Hall–Kier alpha value is -0.380. The summed E-state index contributed by atoms with van der Waals surface area (Å²) >= 11 is 0. The van der Waals surface area contributed by atoms with Gasteiger partial charge in [-0.25, -0.2) is 0 Å². The molecule has 3 nitrogen and oxygen atoms in total. The van der Waals surface area contributed by atoms with Gasteiger partial charge in [-0.1, -0.05) is 13.5 Å². The van der Waals surface area contributed by atoms with E-state index in [4.69, 9.17) is 0 Å². The maximum Gasteiger partial charge on any atom is 0.0330 e. The van der Waals surface area contributed by atoms with Crippen LogP contribution < -0.4 is 5.32 Å². The zero-order valence-electron chi connectivity index (χ0n) is 12.8. The van der Waals surface area contributed by atoms with Crippen LogP contribution in [-0.4, -0.2) is 62.7 Å².